The summed E-state index contributed by atoms with van der Waals surface area (Å²) in [5.41, 5.74) is 11.6. The van der Waals surface area contributed by atoms with Crippen LogP contribution in [0, 0.1) is 0 Å². The third kappa shape index (κ3) is 11.0. The molecule has 6 heteroatoms. The van der Waals surface area contributed by atoms with Gasteiger partial charge in [0.2, 0.25) is 0 Å². The van der Waals surface area contributed by atoms with E-state index in [9.17, 15) is 20.1 Å². The van der Waals surface area contributed by atoms with Crippen molar-refractivity contribution in [3.8, 4) is 23.0 Å². The van der Waals surface area contributed by atoms with E-state index in [2.05, 4.69) is 82.8 Å². The predicted molar refractivity (Wildman–Crippen MR) is 228 cm³/mol. The van der Waals surface area contributed by atoms with Gasteiger partial charge in [0.25, 0.3) is 0 Å². The summed E-state index contributed by atoms with van der Waals surface area (Å²) in [5, 5.41) is 36.2. The van der Waals surface area contributed by atoms with Crippen LogP contribution >= 0.6 is 0 Å². The zero-order valence-electron chi connectivity index (χ0n) is 34.6. The zero-order chi connectivity index (χ0) is 40.2. The van der Waals surface area contributed by atoms with Crippen molar-refractivity contribution in [3.63, 3.8) is 0 Å². The number of fused-ring (bicyclic) bond motifs is 8. The summed E-state index contributed by atoms with van der Waals surface area (Å²) in [6.45, 7) is 14.3. The minimum Gasteiger partial charge on any atom is -0.507 e. The standard InChI is InChI=1S/C50H64O6/c1-7-11-15-34-21-38-29-40-23-35(16-12-8-2)25-42(47(40)52)31-44-27-37(18-14-10-4)28-45(49(44)55-19-20-56-50(54)33(5)6)32-43-26-36(17-13-9-3)24-41(48(43)53)30-39(22-34)46(38)51/h21-28,51-53H,5,7-20,29-32H2,1-4,6H3. The average molecular weight is 761 g/mol. The van der Waals surface area contributed by atoms with E-state index in [1.54, 1.807) is 6.92 Å². The van der Waals surface area contributed by atoms with Crippen LogP contribution in [0.1, 0.15) is 153 Å². The number of unbranched alkanes of at least 4 members (excludes halogenated alkanes) is 4. The average Bonchev–Trinajstić information content (AvgIpc) is 3.18. The van der Waals surface area contributed by atoms with E-state index >= 15 is 0 Å². The molecule has 6 nitrogen and oxygen atoms in total. The first-order valence-corrected chi connectivity index (χ1v) is 21.2. The van der Waals surface area contributed by atoms with Crippen molar-refractivity contribution in [1.82, 2.24) is 0 Å². The van der Waals surface area contributed by atoms with E-state index in [-0.39, 0.29) is 30.5 Å². The van der Waals surface area contributed by atoms with Crippen LogP contribution in [-0.2, 0) is 60.9 Å². The van der Waals surface area contributed by atoms with E-state index in [1.807, 2.05) is 0 Å². The third-order valence-electron chi connectivity index (χ3n) is 11.0. The Morgan fingerprint density at radius 3 is 1.09 bits per heavy atom. The predicted octanol–water partition coefficient (Wildman–Crippen LogP) is 11.3. The lowest BCUT2D eigenvalue weighted by atomic mass is 9.87. The van der Waals surface area contributed by atoms with Crippen molar-refractivity contribution in [2.75, 3.05) is 13.2 Å². The molecular formula is C50H64O6. The summed E-state index contributed by atoms with van der Waals surface area (Å²) >= 11 is 0. The van der Waals surface area contributed by atoms with Crippen LogP contribution in [0.2, 0.25) is 0 Å². The molecule has 5 rings (SSSR count). The molecule has 300 valence electrons. The Kier molecular flexibility index (Phi) is 15.5. The second-order valence-electron chi connectivity index (χ2n) is 15.9. The monoisotopic (exact) mass is 760 g/mol. The van der Waals surface area contributed by atoms with Crippen molar-refractivity contribution < 1.29 is 29.6 Å². The zero-order valence-corrected chi connectivity index (χ0v) is 34.6. The maximum Gasteiger partial charge on any atom is 0.333 e. The maximum atomic E-state index is 12.3. The molecule has 0 saturated carbocycles. The summed E-state index contributed by atoms with van der Waals surface area (Å²) in [4.78, 5) is 12.3. The Hall–Kier alpha value is -4.71. The second kappa shape index (κ2) is 20.5. The Balaban J connectivity index is 1.77. The summed E-state index contributed by atoms with van der Waals surface area (Å²) in [6, 6.07) is 17.1. The Bertz CT molecular complexity index is 1880. The molecule has 4 aromatic carbocycles. The van der Waals surface area contributed by atoms with E-state index in [0.29, 0.717) is 37.0 Å². The summed E-state index contributed by atoms with van der Waals surface area (Å²) in [7, 11) is 0. The molecule has 56 heavy (non-hydrogen) atoms. The number of aromatic hydroxyl groups is 3. The number of ether oxygens (including phenoxy) is 2. The van der Waals surface area contributed by atoms with Crippen LogP contribution in [0.5, 0.6) is 23.0 Å². The van der Waals surface area contributed by atoms with E-state index in [4.69, 9.17) is 9.47 Å². The highest BCUT2D eigenvalue weighted by atomic mass is 16.6. The maximum absolute atomic E-state index is 12.3. The van der Waals surface area contributed by atoms with Gasteiger partial charge >= 0.3 is 5.97 Å². The van der Waals surface area contributed by atoms with Gasteiger partial charge in [-0.25, -0.2) is 4.79 Å². The molecule has 0 atom stereocenters. The summed E-state index contributed by atoms with van der Waals surface area (Å²) in [6.07, 6.45) is 13.5. The van der Waals surface area contributed by atoms with Gasteiger partial charge < -0.3 is 24.8 Å². The molecule has 0 fully saturated rings. The number of hydrogen-bond donors (Lipinski definition) is 3. The highest BCUT2D eigenvalue weighted by Crippen LogP contribution is 2.40. The number of phenolic OH excluding ortho intramolecular Hbond substituents is 3. The van der Waals surface area contributed by atoms with Gasteiger partial charge in [0.15, 0.2) is 0 Å². The second-order valence-corrected chi connectivity index (χ2v) is 15.9. The fourth-order valence-electron chi connectivity index (χ4n) is 7.90. The first kappa shape index (κ1) is 42.4. The van der Waals surface area contributed by atoms with Gasteiger partial charge in [-0.05, 0) is 125 Å². The molecule has 1 aliphatic carbocycles. The van der Waals surface area contributed by atoms with Gasteiger partial charge in [-0.1, -0.05) is 108 Å². The number of carbonyl (C=O) groups is 1. The van der Waals surface area contributed by atoms with Crippen LogP contribution in [0.3, 0.4) is 0 Å². The van der Waals surface area contributed by atoms with Crippen molar-refractivity contribution in [3.05, 3.63) is 127 Å². The minimum atomic E-state index is -0.457. The Morgan fingerprint density at radius 1 is 0.518 bits per heavy atom. The molecule has 0 aromatic heterocycles. The van der Waals surface area contributed by atoms with E-state index in [0.717, 1.165) is 138 Å². The molecule has 0 amide bonds. The fourth-order valence-corrected chi connectivity index (χ4v) is 7.90. The molecule has 8 bridgehead atoms. The smallest absolute Gasteiger partial charge is 0.333 e. The van der Waals surface area contributed by atoms with Crippen molar-refractivity contribution in [2.45, 2.75) is 137 Å². The molecule has 1 aliphatic rings. The summed E-state index contributed by atoms with van der Waals surface area (Å²) < 4.78 is 12.0. The van der Waals surface area contributed by atoms with Gasteiger partial charge in [0, 0.05) is 31.3 Å². The summed E-state index contributed by atoms with van der Waals surface area (Å²) in [5.74, 6) is 0.935. The number of carbonyl (C=O) groups excluding carboxylic acids is 1. The van der Waals surface area contributed by atoms with Gasteiger partial charge in [0.1, 0.15) is 36.2 Å². The molecule has 3 N–H and O–H groups in total. The molecular weight excluding hydrogens is 697 g/mol. The highest BCUT2D eigenvalue weighted by Gasteiger charge is 2.23. The van der Waals surface area contributed by atoms with Crippen molar-refractivity contribution in [2.24, 2.45) is 0 Å². The highest BCUT2D eigenvalue weighted by molar-refractivity contribution is 5.86. The lowest BCUT2D eigenvalue weighted by Gasteiger charge is -2.22. The van der Waals surface area contributed by atoms with Gasteiger partial charge in [-0.2, -0.15) is 0 Å². The van der Waals surface area contributed by atoms with E-state index < -0.39 is 5.97 Å². The van der Waals surface area contributed by atoms with Crippen molar-refractivity contribution >= 4 is 5.97 Å². The van der Waals surface area contributed by atoms with Crippen LogP contribution in [0.25, 0.3) is 0 Å². The van der Waals surface area contributed by atoms with Crippen LogP contribution < -0.4 is 4.74 Å². The lowest BCUT2D eigenvalue weighted by Crippen LogP contribution is -2.14. The number of esters is 1. The Morgan fingerprint density at radius 2 is 0.804 bits per heavy atom. The van der Waals surface area contributed by atoms with Crippen molar-refractivity contribution in [1.29, 1.82) is 0 Å². The van der Waals surface area contributed by atoms with Gasteiger partial charge in [-0.3, -0.25) is 0 Å². The molecule has 0 unspecified atom stereocenters. The molecule has 4 aromatic rings. The normalized spacial score (nSPS) is 12.4. The molecule has 0 aliphatic heterocycles. The topological polar surface area (TPSA) is 96.2 Å². The Labute approximate surface area is 335 Å². The number of benzene rings is 4. The number of aryl methyl sites for hydroxylation is 4. The lowest BCUT2D eigenvalue weighted by molar-refractivity contribution is -0.139. The fraction of sp³-hybridized carbons (Fsp3) is 0.460. The molecule has 0 saturated heterocycles. The van der Waals surface area contributed by atoms with Crippen LogP contribution in [0.15, 0.2) is 60.7 Å². The quantitative estimate of drug-likeness (QED) is 0.0496. The SMILES string of the molecule is C=C(C)C(=O)OCCOc1c2cc(CCCC)cc1Cc1cc(CCCC)cc(c1O)Cc1cc(CCCC)cc(c1O)Cc1cc(CCCC)cc(c1O)C2. The molecule has 0 heterocycles. The van der Waals surface area contributed by atoms with Crippen LogP contribution in [-0.4, -0.2) is 34.5 Å². The van der Waals surface area contributed by atoms with E-state index in [1.165, 1.54) is 5.56 Å². The van der Waals surface area contributed by atoms with Gasteiger partial charge in [-0.15, -0.1) is 0 Å². The largest absolute Gasteiger partial charge is 0.507 e. The van der Waals surface area contributed by atoms with Gasteiger partial charge in [0.05, 0.1) is 0 Å². The number of rotatable bonds is 17. The third-order valence-corrected chi connectivity index (χ3v) is 11.0. The molecule has 0 radical (unpaired) electrons. The first-order valence-electron chi connectivity index (χ1n) is 21.2. The first-order chi connectivity index (χ1) is 27.0. The minimum absolute atomic E-state index is 0.0629. The van der Waals surface area contributed by atoms with Crippen LogP contribution in [0.4, 0.5) is 0 Å². The number of hydrogen-bond acceptors (Lipinski definition) is 6. The number of phenols is 3. The molecule has 0 spiro atoms.